The molecule has 2 bridgehead atoms. The van der Waals surface area contributed by atoms with E-state index in [2.05, 4.69) is 20.9 Å². The smallest absolute Gasteiger partial charge is 0.125 e. The van der Waals surface area contributed by atoms with Gasteiger partial charge >= 0.3 is 0 Å². The maximum Gasteiger partial charge on any atom is 0.125 e. The first-order chi connectivity index (χ1) is 10.6. The molecule has 4 rings (SSSR count). The summed E-state index contributed by atoms with van der Waals surface area (Å²) in [7, 11) is 0. The molecule has 22 heavy (non-hydrogen) atoms. The molecule has 114 valence electrons. The van der Waals surface area contributed by atoms with Gasteiger partial charge in [0, 0.05) is 36.8 Å². The number of hydrogen-bond acceptors (Lipinski definition) is 3. The lowest BCUT2D eigenvalue weighted by Gasteiger charge is -2.35. The van der Waals surface area contributed by atoms with Gasteiger partial charge in [-0.25, -0.2) is 9.97 Å². The highest BCUT2D eigenvalue weighted by Crippen LogP contribution is 2.43. The van der Waals surface area contributed by atoms with E-state index in [-0.39, 0.29) is 0 Å². The lowest BCUT2D eigenvalue weighted by molar-refractivity contribution is 0.166. The summed E-state index contributed by atoms with van der Waals surface area (Å²) in [6.45, 7) is 2.86. The quantitative estimate of drug-likeness (QED) is 0.817. The Balaban J connectivity index is 1.64. The number of hydrogen-bond donors (Lipinski definition) is 0. The molecular weight excluding hydrogens is 317 g/mol. The molecule has 0 radical (unpaired) electrons. The molecule has 2 aliphatic rings. The van der Waals surface area contributed by atoms with Crippen molar-refractivity contribution in [3.63, 3.8) is 0 Å². The summed E-state index contributed by atoms with van der Waals surface area (Å²) in [4.78, 5) is 11.6. The third-order valence-electron chi connectivity index (χ3n) is 4.80. The van der Waals surface area contributed by atoms with Crippen molar-refractivity contribution in [2.45, 2.75) is 44.8 Å². The standard InChI is InChI=1S/C17H17Cl2N3/c1-10-20-8-13-16(21-10)7-12-3-5-17(13)22(12)9-11-2-4-14(18)15(19)6-11/h2,4,6,8,12,17H,3,5,7,9H2,1H3/t12-,17+/m0/s1. The molecule has 1 fully saturated rings. The van der Waals surface area contributed by atoms with E-state index in [1.807, 2.05) is 25.3 Å². The van der Waals surface area contributed by atoms with Gasteiger partial charge < -0.3 is 0 Å². The first kappa shape index (κ1) is 14.4. The van der Waals surface area contributed by atoms with Gasteiger partial charge in [-0.15, -0.1) is 0 Å². The van der Waals surface area contributed by atoms with Crippen LogP contribution in [0.25, 0.3) is 0 Å². The average molecular weight is 334 g/mol. The Bertz CT molecular complexity index is 732. The summed E-state index contributed by atoms with van der Waals surface area (Å²) >= 11 is 12.2. The van der Waals surface area contributed by atoms with E-state index >= 15 is 0 Å². The summed E-state index contributed by atoms with van der Waals surface area (Å²) in [5.74, 6) is 0.871. The Morgan fingerprint density at radius 2 is 2.09 bits per heavy atom. The second kappa shape index (κ2) is 5.48. The van der Waals surface area contributed by atoms with Gasteiger partial charge in [-0.1, -0.05) is 29.3 Å². The van der Waals surface area contributed by atoms with Crippen LogP contribution in [0.1, 0.15) is 41.5 Å². The van der Waals surface area contributed by atoms with Crippen LogP contribution in [0.4, 0.5) is 0 Å². The number of fused-ring (bicyclic) bond motifs is 4. The van der Waals surface area contributed by atoms with Crippen molar-refractivity contribution in [2.75, 3.05) is 0 Å². The maximum atomic E-state index is 6.15. The van der Waals surface area contributed by atoms with Crippen molar-refractivity contribution < 1.29 is 0 Å². The molecule has 0 spiro atoms. The lowest BCUT2D eigenvalue weighted by atomic mass is 9.98. The molecule has 0 unspecified atom stereocenters. The number of aromatic nitrogens is 2. The number of benzene rings is 1. The zero-order valence-electron chi connectivity index (χ0n) is 12.4. The van der Waals surface area contributed by atoms with Crippen LogP contribution in [0.15, 0.2) is 24.4 Å². The van der Waals surface area contributed by atoms with Crippen LogP contribution in [0.5, 0.6) is 0 Å². The zero-order chi connectivity index (χ0) is 15.3. The van der Waals surface area contributed by atoms with Gasteiger partial charge in [0.05, 0.1) is 15.7 Å². The van der Waals surface area contributed by atoms with E-state index < -0.39 is 0 Å². The van der Waals surface area contributed by atoms with E-state index in [4.69, 9.17) is 23.2 Å². The van der Waals surface area contributed by atoms with Crippen LogP contribution in [-0.4, -0.2) is 20.9 Å². The summed E-state index contributed by atoms with van der Waals surface area (Å²) in [5.41, 5.74) is 3.76. The van der Waals surface area contributed by atoms with Gasteiger partial charge in [0.1, 0.15) is 5.82 Å². The van der Waals surface area contributed by atoms with Crippen LogP contribution >= 0.6 is 23.2 Å². The fourth-order valence-corrected chi connectivity index (χ4v) is 4.09. The van der Waals surface area contributed by atoms with Crippen LogP contribution in [0.2, 0.25) is 10.0 Å². The summed E-state index contributed by atoms with van der Waals surface area (Å²) < 4.78 is 0. The minimum Gasteiger partial charge on any atom is -0.289 e. The van der Waals surface area contributed by atoms with E-state index in [1.165, 1.54) is 29.7 Å². The Hall–Kier alpha value is -1.16. The summed E-state index contributed by atoms with van der Waals surface area (Å²) in [6.07, 6.45) is 5.45. The van der Waals surface area contributed by atoms with Crippen molar-refractivity contribution in [3.8, 4) is 0 Å². The number of aryl methyl sites for hydroxylation is 1. The van der Waals surface area contributed by atoms with Crippen molar-refractivity contribution in [1.29, 1.82) is 0 Å². The molecule has 0 amide bonds. The minimum absolute atomic E-state index is 0.434. The third-order valence-corrected chi connectivity index (χ3v) is 5.54. The average Bonchev–Trinajstić information content (AvgIpc) is 2.76. The SMILES string of the molecule is Cc1ncc2c(n1)C[C@@H]1CC[C@H]2N1Cc1ccc(Cl)c(Cl)c1. The number of halogens is 2. The lowest BCUT2D eigenvalue weighted by Crippen LogP contribution is -2.37. The maximum absolute atomic E-state index is 6.15. The Morgan fingerprint density at radius 3 is 2.91 bits per heavy atom. The van der Waals surface area contributed by atoms with E-state index in [9.17, 15) is 0 Å². The molecule has 0 aliphatic carbocycles. The molecule has 5 heteroatoms. The molecule has 1 aromatic carbocycles. The van der Waals surface area contributed by atoms with E-state index in [1.54, 1.807) is 0 Å². The first-order valence-corrected chi connectivity index (χ1v) is 8.39. The van der Waals surface area contributed by atoms with E-state index in [0.29, 0.717) is 22.1 Å². The van der Waals surface area contributed by atoms with Crippen molar-refractivity contribution in [3.05, 3.63) is 57.1 Å². The van der Waals surface area contributed by atoms with Crippen LogP contribution in [-0.2, 0) is 13.0 Å². The molecule has 0 N–H and O–H groups in total. The highest BCUT2D eigenvalue weighted by atomic mass is 35.5. The predicted molar refractivity (Wildman–Crippen MR) is 88.2 cm³/mol. The van der Waals surface area contributed by atoms with E-state index in [0.717, 1.165) is 18.8 Å². The second-order valence-electron chi connectivity index (χ2n) is 6.19. The Labute approximate surface area is 140 Å². The van der Waals surface area contributed by atoms with Gasteiger partial charge in [-0.05, 0) is 37.5 Å². The largest absolute Gasteiger partial charge is 0.289 e. The topological polar surface area (TPSA) is 29.0 Å². The highest BCUT2D eigenvalue weighted by Gasteiger charge is 2.40. The molecule has 3 heterocycles. The van der Waals surface area contributed by atoms with Crippen molar-refractivity contribution in [2.24, 2.45) is 0 Å². The summed E-state index contributed by atoms with van der Waals surface area (Å²) in [5, 5.41) is 1.24. The predicted octanol–water partition coefficient (Wildman–Crippen LogP) is 4.35. The molecule has 3 nitrogen and oxygen atoms in total. The molecule has 1 aromatic heterocycles. The number of nitrogens with zero attached hydrogens (tertiary/aromatic N) is 3. The fraction of sp³-hybridized carbons (Fsp3) is 0.412. The highest BCUT2D eigenvalue weighted by molar-refractivity contribution is 6.42. The van der Waals surface area contributed by atoms with Crippen molar-refractivity contribution >= 4 is 23.2 Å². The molecule has 2 aliphatic heterocycles. The zero-order valence-corrected chi connectivity index (χ0v) is 13.9. The first-order valence-electron chi connectivity index (χ1n) is 7.64. The Kier molecular flexibility index (Phi) is 3.60. The van der Waals surface area contributed by atoms with Crippen LogP contribution < -0.4 is 0 Å². The number of rotatable bonds is 2. The normalized spacial score (nSPS) is 23.6. The van der Waals surface area contributed by atoms with Gasteiger partial charge in [0.25, 0.3) is 0 Å². The van der Waals surface area contributed by atoms with Gasteiger partial charge in [-0.3, -0.25) is 4.90 Å². The molecule has 2 aromatic rings. The van der Waals surface area contributed by atoms with Gasteiger partial charge in [0.2, 0.25) is 0 Å². The van der Waals surface area contributed by atoms with Crippen LogP contribution in [0, 0.1) is 6.92 Å². The van der Waals surface area contributed by atoms with Crippen molar-refractivity contribution in [1.82, 2.24) is 14.9 Å². The minimum atomic E-state index is 0.434. The van der Waals surface area contributed by atoms with Crippen LogP contribution in [0.3, 0.4) is 0 Å². The summed E-state index contributed by atoms with van der Waals surface area (Å²) in [6, 6.07) is 6.93. The molecule has 0 saturated carbocycles. The monoisotopic (exact) mass is 333 g/mol. The molecular formula is C17H17Cl2N3. The third kappa shape index (κ3) is 2.41. The molecule has 2 atom stereocenters. The fourth-order valence-electron chi connectivity index (χ4n) is 3.77. The van der Waals surface area contributed by atoms with Gasteiger partial charge in [-0.2, -0.15) is 0 Å². The van der Waals surface area contributed by atoms with Gasteiger partial charge in [0.15, 0.2) is 0 Å². The Morgan fingerprint density at radius 1 is 1.23 bits per heavy atom. The molecule has 1 saturated heterocycles. The second-order valence-corrected chi connectivity index (χ2v) is 7.01.